The molecule has 0 aliphatic heterocycles. The number of hydrogen-bond donors (Lipinski definition) is 0. The monoisotopic (exact) mass is 254 g/mol. The van der Waals surface area contributed by atoms with Crippen molar-refractivity contribution in [2.24, 2.45) is 0 Å². The lowest BCUT2D eigenvalue weighted by atomic mass is 10.00. The molecular formula is C16H14O3. The van der Waals surface area contributed by atoms with Gasteiger partial charge in [-0.25, -0.2) is 0 Å². The van der Waals surface area contributed by atoms with E-state index in [1.807, 2.05) is 43.3 Å². The number of carbonyl (C=O) groups is 2. The Balaban J connectivity index is 2.57. The van der Waals surface area contributed by atoms with Crippen molar-refractivity contribution < 1.29 is 14.3 Å². The molecule has 0 spiro atoms. The summed E-state index contributed by atoms with van der Waals surface area (Å²) in [4.78, 5) is 21.8. The number of ether oxygens (including phenoxy) is 1. The SMILES string of the molecule is CC(=O)O/C(C=O)=C/c1ccc(C)c2ccccc12. The normalized spacial score (nSPS) is 11.4. The molecule has 0 fully saturated rings. The minimum atomic E-state index is -0.505. The summed E-state index contributed by atoms with van der Waals surface area (Å²) in [7, 11) is 0. The van der Waals surface area contributed by atoms with Crippen LogP contribution in [0.4, 0.5) is 0 Å². The largest absolute Gasteiger partial charge is 0.423 e. The minimum Gasteiger partial charge on any atom is -0.423 e. The Labute approximate surface area is 111 Å². The molecule has 0 aliphatic rings. The highest BCUT2D eigenvalue weighted by molar-refractivity contribution is 5.95. The molecule has 96 valence electrons. The lowest BCUT2D eigenvalue weighted by Gasteiger charge is -2.06. The van der Waals surface area contributed by atoms with Gasteiger partial charge in [-0.2, -0.15) is 0 Å². The molecule has 0 saturated heterocycles. The van der Waals surface area contributed by atoms with Crippen molar-refractivity contribution in [1.29, 1.82) is 0 Å². The van der Waals surface area contributed by atoms with Gasteiger partial charge >= 0.3 is 5.97 Å². The van der Waals surface area contributed by atoms with Gasteiger partial charge in [0, 0.05) is 6.92 Å². The molecule has 2 aromatic carbocycles. The topological polar surface area (TPSA) is 43.4 Å². The van der Waals surface area contributed by atoms with Crippen molar-refractivity contribution in [3.05, 3.63) is 53.3 Å². The molecule has 0 radical (unpaired) electrons. The molecular weight excluding hydrogens is 240 g/mol. The van der Waals surface area contributed by atoms with Crippen molar-refractivity contribution >= 4 is 29.1 Å². The minimum absolute atomic E-state index is 0.0153. The van der Waals surface area contributed by atoms with Gasteiger partial charge in [-0.05, 0) is 34.9 Å². The van der Waals surface area contributed by atoms with Crippen LogP contribution in [0.25, 0.3) is 16.8 Å². The molecule has 0 atom stereocenters. The first kappa shape index (κ1) is 13.0. The van der Waals surface area contributed by atoms with Crippen LogP contribution in [0.3, 0.4) is 0 Å². The highest BCUT2D eigenvalue weighted by atomic mass is 16.5. The van der Waals surface area contributed by atoms with Crippen LogP contribution in [0.5, 0.6) is 0 Å². The number of allylic oxidation sites excluding steroid dienone is 1. The van der Waals surface area contributed by atoms with Crippen LogP contribution in [0.2, 0.25) is 0 Å². The molecule has 0 aromatic heterocycles. The van der Waals surface area contributed by atoms with E-state index in [0.29, 0.717) is 6.29 Å². The molecule has 0 N–H and O–H groups in total. The van der Waals surface area contributed by atoms with Crippen molar-refractivity contribution in [2.75, 3.05) is 0 Å². The molecule has 0 heterocycles. The third-order valence-corrected chi connectivity index (χ3v) is 2.85. The van der Waals surface area contributed by atoms with E-state index < -0.39 is 5.97 Å². The van der Waals surface area contributed by atoms with E-state index in [1.165, 1.54) is 6.92 Å². The predicted octanol–water partition coefficient (Wildman–Crippen LogP) is 3.25. The van der Waals surface area contributed by atoms with Crippen LogP contribution >= 0.6 is 0 Å². The van der Waals surface area contributed by atoms with Crippen LogP contribution in [0.15, 0.2) is 42.2 Å². The number of aryl methyl sites for hydroxylation is 1. The number of rotatable bonds is 3. The zero-order valence-electron chi connectivity index (χ0n) is 10.8. The molecule has 0 saturated carbocycles. The van der Waals surface area contributed by atoms with E-state index in [1.54, 1.807) is 6.08 Å². The van der Waals surface area contributed by atoms with Crippen molar-refractivity contribution in [1.82, 2.24) is 0 Å². The molecule has 2 rings (SSSR count). The Bertz CT molecular complexity index is 669. The van der Waals surface area contributed by atoms with Crippen molar-refractivity contribution in [2.45, 2.75) is 13.8 Å². The van der Waals surface area contributed by atoms with Crippen LogP contribution in [-0.4, -0.2) is 12.3 Å². The number of carbonyl (C=O) groups excluding carboxylic acids is 2. The second-order valence-electron chi connectivity index (χ2n) is 4.28. The maximum Gasteiger partial charge on any atom is 0.308 e. The third-order valence-electron chi connectivity index (χ3n) is 2.85. The van der Waals surface area contributed by atoms with Gasteiger partial charge in [-0.1, -0.05) is 36.4 Å². The van der Waals surface area contributed by atoms with Crippen LogP contribution < -0.4 is 0 Å². The number of esters is 1. The van der Waals surface area contributed by atoms with Gasteiger partial charge in [0.1, 0.15) is 0 Å². The Hall–Kier alpha value is -2.42. The number of benzene rings is 2. The number of fused-ring (bicyclic) bond motifs is 1. The Morgan fingerprint density at radius 3 is 2.42 bits per heavy atom. The quantitative estimate of drug-likeness (QED) is 0.365. The second kappa shape index (κ2) is 5.48. The molecule has 3 heteroatoms. The summed E-state index contributed by atoms with van der Waals surface area (Å²) in [6.07, 6.45) is 2.12. The Morgan fingerprint density at radius 2 is 1.79 bits per heavy atom. The predicted molar refractivity (Wildman–Crippen MR) is 74.5 cm³/mol. The number of aldehydes is 1. The van der Waals surface area contributed by atoms with Crippen LogP contribution in [-0.2, 0) is 14.3 Å². The maximum absolute atomic E-state index is 10.9. The van der Waals surface area contributed by atoms with E-state index in [0.717, 1.165) is 21.9 Å². The van der Waals surface area contributed by atoms with E-state index in [2.05, 4.69) is 0 Å². The van der Waals surface area contributed by atoms with Crippen molar-refractivity contribution in [3.63, 3.8) is 0 Å². The summed E-state index contributed by atoms with van der Waals surface area (Å²) in [5.41, 5.74) is 2.01. The fourth-order valence-corrected chi connectivity index (χ4v) is 2.01. The molecule has 2 aromatic rings. The smallest absolute Gasteiger partial charge is 0.308 e. The molecule has 0 unspecified atom stereocenters. The Morgan fingerprint density at radius 1 is 1.11 bits per heavy atom. The summed E-state index contributed by atoms with van der Waals surface area (Å²) >= 11 is 0. The zero-order valence-corrected chi connectivity index (χ0v) is 10.8. The molecule has 19 heavy (non-hydrogen) atoms. The molecule has 0 bridgehead atoms. The van der Waals surface area contributed by atoms with Gasteiger partial charge in [0.15, 0.2) is 12.0 Å². The zero-order chi connectivity index (χ0) is 13.8. The summed E-state index contributed by atoms with van der Waals surface area (Å²) < 4.78 is 4.84. The van der Waals surface area contributed by atoms with E-state index >= 15 is 0 Å². The average Bonchev–Trinajstić information content (AvgIpc) is 2.41. The highest BCUT2D eigenvalue weighted by Crippen LogP contribution is 2.24. The van der Waals surface area contributed by atoms with Crippen LogP contribution in [0, 0.1) is 6.92 Å². The lowest BCUT2D eigenvalue weighted by molar-refractivity contribution is -0.138. The maximum atomic E-state index is 10.9. The fraction of sp³-hybridized carbons (Fsp3) is 0.125. The average molecular weight is 254 g/mol. The van der Waals surface area contributed by atoms with Gasteiger partial charge in [-0.3, -0.25) is 9.59 Å². The van der Waals surface area contributed by atoms with Crippen molar-refractivity contribution in [3.8, 4) is 0 Å². The van der Waals surface area contributed by atoms with E-state index in [9.17, 15) is 9.59 Å². The van der Waals surface area contributed by atoms with Gasteiger partial charge in [0.05, 0.1) is 0 Å². The standard InChI is InChI=1S/C16H14O3/c1-11-7-8-13(9-14(10-17)19-12(2)18)16-6-4-3-5-15(11)16/h3-10H,1-2H3/b14-9+. The lowest BCUT2D eigenvalue weighted by Crippen LogP contribution is -1.99. The molecule has 0 aliphatic carbocycles. The van der Waals surface area contributed by atoms with Gasteiger partial charge in [0.2, 0.25) is 0 Å². The summed E-state index contributed by atoms with van der Waals surface area (Å²) in [6, 6.07) is 11.8. The third kappa shape index (κ3) is 2.88. The second-order valence-corrected chi connectivity index (χ2v) is 4.28. The van der Waals surface area contributed by atoms with E-state index in [4.69, 9.17) is 4.74 Å². The first-order chi connectivity index (χ1) is 9.11. The molecule has 0 amide bonds. The van der Waals surface area contributed by atoms with Gasteiger partial charge in [0.25, 0.3) is 0 Å². The van der Waals surface area contributed by atoms with Gasteiger partial charge in [-0.15, -0.1) is 0 Å². The summed E-state index contributed by atoms with van der Waals surface area (Å²) in [5, 5.41) is 2.14. The first-order valence-electron chi connectivity index (χ1n) is 5.95. The summed E-state index contributed by atoms with van der Waals surface area (Å²) in [5.74, 6) is -0.490. The molecule has 3 nitrogen and oxygen atoms in total. The Kier molecular flexibility index (Phi) is 3.76. The first-order valence-corrected chi connectivity index (χ1v) is 5.95. The summed E-state index contributed by atoms with van der Waals surface area (Å²) in [6.45, 7) is 3.30. The van der Waals surface area contributed by atoms with Crippen LogP contribution in [0.1, 0.15) is 18.1 Å². The highest BCUT2D eigenvalue weighted by Gasteiger charge is 2.05. The fourth-order valence-electron chi connectivity index (χ4n) is 2.01. The van der Waals surface area contributed by atoms with Gasteiger partial charge < -0.3 is 4.74 Å². The van der Waals surface area contributed by atoms with E-state index in [-0.39, 0.29) is 5.76 Å². The number of hydrogen-bond acceptors (Lipinski definition) is 3.